The summed E-state index contributed by atoms with van der Waals surface area (Å²) in [6.45, 7) is 1.81. The van der Waals surface area contributed by atoms with Gasteiger partial charge in [0.05, 0.1) is 12.3 Å². The van der Waals surface area contributed by atoms with Crippen LogP contribution in [0.5, 0.6) is 0 Å². The lowest BCUT2D eigenvalue weighted by Crippen LogP contribution is -2.48. The summed E-state index contributed by atoms with van der Waals surface area (Å²) in [5.74, 6) is -0.149. The van der Waals surface area contributed by atoms with Gasteiger partial charge in [0.25, 0.3) is 5.91 Å². The van der Waals surface area contributed by atoms with Gasteiger partial charge in [-0.15, -0.1) is 5.10 Å². The lowest BCUT2D eigenvalue weighted by atomic mass is 9.83. The van der Waals surface area contributed by atoms with Crippen molar-refractivity contribution < 1.29 is 9.53 Å². The quantitative estimate of drug-likeness (QED) is 0.677. The molecule has 0 saturated carbocycles. The minimum absolute atomic E-state index is 0.0920. The minimum Gasteiger partial charge on any atom is -0.368 e. The lowest BCUT2D eigenvalue weighted by molar-refractivity contribution is -0.0958. The molecule has 27 heavy (non-hydrogen) atoms. The van der Waals surface area contributed by atoms with E-state index < -0.39 is 0 Å². The molecule has 0 unspecified atom stereocenters. The second-order valence-electron chi connectivity index (χ2n) is 7.31. The van der Waals surface area contributed by atoms with Crippen molar-refractivity contribution in [2.75, 3.05) is 19.7 Å². The van der Waals surface area contributed by atoms with E-state index in [1.807, 2.05) is 6.07 Å². The molecule has 3 aromatic rings. The molecular weight excluding hydrogens is 346 g/mol. The van der Waals surface area contributed by atoms with Crippen molar-refractivity contribution in [2.45, 2.75) is 24.9 Å². The van der Waals surface area contributed by atoms with E-state index in [1.54, 1.807) is 4.90 Å². The van der Waals surface area contributed by atoms with E-state index in [4.69, 9.17) is 4.74 Å². The Morgan fingerprint density at radius 2 is 2.00 bits per heavy atom. The summed E-state index contributed by atoms with van der Waals surface area (Å²) in [4.78, 5) is 32.0. The summed E-state index contributed by atoms with van der Waals surface area (Å²) < 4.78 is 7.41. The molecule has 1 fully saturated rings. The number of piperidine rings is 1. The van der Waals surface area contributed by atoms with Gasteiger partial charge < -0.3 is 14.6 Å². The van der Waals surface area contributed by atoms with Crippen LogP contribution in [0.1, 0.15) is 34.7 Å². The number of aromatic amines is 2. The molecule has 2 aliphatic rings. The fraction of sp³-hybridized carbons (Fsp3) is 0.421. The number of ether oxygens (including phenoxy) is 1. The smallest absolute Gasteiger partial charge is 0.343 e. The number of nitrogens with one attached hydrogen (secondary N) is 2. The number of nitrogens with zero attached hydrogens (tertiary/aromatic N) is 3. The van der Waals surface area contributed by atoms with Crippen molar-refractivity contribution in [2.24, 2.45) is 7.05 Å². The Kier molecular flexibility index (Phi) is 3.51. The van der Waals surface area contributed by atoms with Gasteiger partial charge in [0.15, 0.2) is 0 Å². The van der Waals surface area contributed by atoms with Gasteiger partial charge in [-0.1, -0.05) is 18.2 Å². The third kappa shape index (κ3) is 2.43. The van der Waals surface area contributed by atoms with Gasteiger partial charge in [-0.25, -0.2) is 9.48 Å². The van der Waals surface area contributed by atoms with Crippen LogP contribution in [-0.2, 0) is 23.8 Å². The Balaban J connectivity index is 1.42. The van der Waals surface area contributed by atoms with E-state index in [1.165, 1.54) is 18.0 Å². The second kappa shape index (κ2) is 5.82. The monoisotopic (exact) mass is 367 g/mol. The Labute approximate surface area is 155 Å². The number of aryl methyl sites for hydroxylation is 1. The molecule has 2 aliphatic heterocycles. The molecule has 1 saturated heterocycles. The molecule has 2 aromatic heterocycles. The highest BCUT2D eigenvalue weighted by atomic mass is 16.5. The van der Waals surface area contributed by atoms with Gasteiger partial charge in [0.1, 0.15) is 5.60 Å². The predicted molar refractivity (Wildman–Crippen MR) is 98.6 cm³/mol. The molecule has 5 rings (SSSR count). The number of benzene rings is 1. The van der Waals surface area contributed by atoms with Crippen molar-refractivity contribution in [3.05, 3.63) is 51.8 Å². The molecule has 1 amide bonds. The number of carbonyl (C=O) groups is 1. The van der Waals surface area contributed by atoms with E-state index in [0.29, 0.717) is 19.7 Å². The predicted octanol–water partition coefficient (Wildman–Crippen LogP) is 1.29. The zero-order chi connectivity index (χ0) is 18.6. The Hall–Kier alpha value is -2.87. The van der Waals surface area contributed by atoms with Crippen LogP contribution in [0.2, 0.25) is 0 Å². The number of likely N-dealkylation sites (tertiary alicyclic amines) is 1. The third-order valence-electron chi connectivity index (χ3n) is 5.83. The van der Waals surface area contributed by atoms with Crippen LogP contribution in [0.25, 0.3) is 10.9 Å². The Morgan fingerprint density at radius 1 is 1.22 bits per heavy atom. The average Bonchev–Trinajstić information content (AvgIpc) is 3.23. The highest BCUT2D eigenvalue weighted by Gasteiger charge is 2.43. The largest absolute Gasteiger partial charge is 0.368 e. The first-order valence-electron chi connectivity index (χ1n) is 9.24. The van der Waals surface area contributed by atoms with Crippen molar-refractivity contribution in [3.8, 4) is 0 Å². The van der Waals surface area contributed by atoms with Crippen molar-refractivity contribution >= 4 is 16.8 Å². The second-order valence-corrected chi connectivity index (χ2v) is 7.31. The van der Waals surface area contributed by atoms with Crippen LogP contribution in [0.15, 0.2) is 29.1 Å². The van der Waals surface area contributed by atoms with Gasteiger partial charge in [-0.3, -0.25) is 9.78 Å². The van der Waals surface area contributed by atoms with Crippen molar-refractivity contribution in [1.82, 2.24) is 24.6 Å². The van der Waals surface area contributed by atoms with Crippen LogP contribution in [0.3, 0.4) is 0 Å². The molecule has 8 heteroatoms. The number of carbonyl (C=O) groups excluding carboxylic acids is 1. The molecule has 0 aliphatic carbocycles. The third-order valence-corrected chi connectivity index (χ3v) is 5.83. The van der Waals surface area contributed by atoms with Gasteiger partial charge in [-0.2, -0.15) is 0 Å². The van der Waals surface area contributed by atoms with E-state index in [9.17, 15) is 9.59 Å². The molecule has 0 bridgehead atoms. The summed E-state index contributed by atoms with van der Waals surface area (Å²) in [6.07, 6.45) is 2.34. The summed E-state index contributed by atoms with van der Waals surface area (Å²) in [5, 5.41) is 5.24. The first kappa shape index (κ1) is 16.3. The number of amides is 1. The molecule has 1 aromatic carbocycles. The topological polar surface area (TPSA) is 96.0 Å². The number of fused-ring (bicyclic) bond motifs is 4. The summed E-state index contributed by atoms with van der Waals surface area (Å²) in [5.41, 5.74) is 2.88. The molecule has 8 nitrogen and oxygen atoms in total. The van der Waals surface area contributed by atoms with Crippen molar-refractivity contribution in [1.29, 1.82) is 0 Å². The number of hydrogen-bond acceptors (Lipinski definition) is 4. The highest BCUT2D eigenvalue weighted by Crippen LogP contribution is 2.43. The van der Waals surface area contributed by atoms with E-state index >= 15 is 0 Å². The van der Waals surface area contributed by atoms with Crippen LogP contribution >= 0.6 is 0 Å². The van der Waals surface area contributed by atoms with Gasteiger partial charge in [0.2, 0.25) is 5.82 Å². The standard InChI is InChI=1S/C19H21N5O3/c1-23-18(26)21-16(22-23)17(25)24-9-7-19(8-10-24)15-13(6-11-27-19)12-4-2-3-5-14(12)20-15/h2-5,20H,6-11H2,1H3,(H,21,22,26). The van der Waals surface area contributed by atoms with Crippen LogP contribution in [-0.4, -0.2) is 50.3 Å². The maximum Gasteiger partial charge on any atom is 0.343 e. The molecule has 4 heterocycles. The highest BCUT2D eigenvalue weighted by molar-refractivity contribution is 5.90. The molecule has 0 atom stereocenters. The minimum atomic E-state index is -0.384. The number of rotatable bonds is 1. The van der Waals surface area contributed by atoms with Gasteiger partial charge in [0, 0.05) is 31.0 Å². The summed E-state index contributed by atoms with van der Waals surface area (Å²) in [6, 6.07) is 8.34. The first-order chi connectivity index (χ1) is 13.1. The molecule has 140 valence electrons. The van der Waals surface area contributed by atoms with E-state index in [2.05, 4.69) is 33.3 Å². The normalized spacial score (nSPS) is 18.8. The maximum atomic E-state index is 12.7. The van der Waals surface area contributed by atoms with E-state index in [-0.39, 0.29) is 23.0 Å². The maximum absolute atomic E-state index is 12.7. The van der Waals surface area contributed by atoms with Gasteiger partial charge >= 0.3 is 5.69 Å². The van der Waals surface area contributed by atoms with Gasteiger partial charge in [-0.05, 0) is 30.9 Å². The summed E-state index contributed by atoms with van der Waals surface area (Å²) >= 11 is 0. The molecule has 2 N–H and O–H groups in total. The Bertz CT molecular complexity index is 1080. The zero-order valence-corrected chi connectivity index (χ0v) is 15.1. The van der Waals surface area contributed by atoms with Crippen LogP contribution < -0.4 is 5.69 Å². The number of H-pyrrole nitrogens is 2. The van der Waals surface area contributed by atoms with Crippen LogP contribution in [0, 0.1) is 0 Å². The van der Waals surface area contributed by atoms with Crippen molar-refractivity contribution in [3.63, 3.8) is 0 Å². The fourth-order valence-electron chi connectivity index (χ4n) is 4.38. The number of aromatic nitrogens is 4. The first-order valence-corrected chi connectivity index (χ1v) is 9.24. The Morgan fingerprint density at radius 3 is 2.74 bits per heavy atom. The zero-order valence-electron chi connectivity index (χ0n) is 15.1. The lowest BCUT2D eigenvalue weighted by Gasteiger charge is -2.43. The van der Waals surface area contributed by atoms with Crippen LogP contribution in [0.4, 0.5) is 0 Å². The fourth-order valence-corrected chi connectivity index (χ4v) is 4.38. The number of para-hydroxylation sites is 1. The SMILES string of the molecule is Cn1nc(C(=O)N2CCC3(CC2)OCCc2c3[nH]c3ccccc23)[nH]c1=O. The molecular formula is C19H21N5O3. The number of hydrogen-bond donors (Lipinski definition) is 2. The molecule has 0 radical (unpaired) electrons. The molecule has 1 spiro atoms. The summed E-state index contributed by atoms with van der Waals surface area (Å²) in [7, 11) is 1.52. The average molecular weight is 367 g/mol. The van der Waals surface area contributed by atoms with E-state index in [0.717, 1.165) is 35.2 Å².